The normalized spacial score (nSPS) is 10.6. The molecule has 2 rings (SSSR count). The Bertz CT molecular complexity index is 451. The topological polar surface area (TPSA) is 35.2 Å². The fourth-order valence-electron chi connectivity index (χ4n) is 1.69. The number of rotatable bonds is 4. The van der Waals surface area contributed by atoms with Crippen molar-refractivity contribution >= 4 is 17.0 Å². The molecule has 3 heteroatoms. The molecule has 0 aliphatic heterocycles. The molecule has 2 nitrogen and oxygen atoms in total. The number of ether oxygens (including phenoxy) is 1. The Morgan fingerprint density at radius 3 is 2.81 bits per heavy atom. The number of anilines is 1. The zero-order valence-electron chi connectivity index (χ0n) is 9.27. The highest BCUT2D eigenvalue weighted by atomic mass is 32.1. The van der Waals surface area contributed by atoms with Gasteiger partial charge in [-0.05, 0) is 23.4 Å². The quantitative estimate of drug-likeness (QED) is 0.823. The third-order valence-corrected chi connectivity index (χ3v) is 3.46. The van der Waals surface area contributed by atoms with Gasteiger partial charge >= 0.3 is 0 Å². The Labute approximate surface area is 99.7 Å². The van der Waals surface area contributed by atoms with Crippen molar-refractivity contribution in [3.05, 3.63) is 41.3 Å². The molecular weight excluding hydrogens is 218 g/mol. The van der Waals surface area contributed by atoms with E-state index in [0.29, 0.717) is 6.61 Å². The number of para-hydroxylation sites is 1. The maximum absolute atomic E-state index is 6.17. The average Bonchev–Trinajstić information content (AvgIpc) is 2.81. The van der Waals surface area contributed by atoms with Gasteiger partial charge in [-0.1, -0.05) is 24.3 Å². The van der Waals surface area contributed by atoms with Gasteiger partial charge in [0, 0.05) is 23.2 Å². The van der Waals surface area contributed by atoms with Crippen molar-refractivity contribution in [2.24, 2.45) is 0 Å². The number of methoxy groups -OCH3 is 1. The molecule has 0 unspecified atom stereocenters. The van der Waals surface area contributed by atoms with Gasteiger partial charge in [-0.2, -0.15) is 0 Å². The average molecular weight is 233 g/mol. The van der Waals surface area contributed by atoms with Gasteiger partial charge in [0.25, 0.3) is 0 Å². The molecule has 1 heterocycles. The Hall–Kier alpha value is -1.32. The molecule has 0 amide bonds. The molecule has 16 heavy (non-hydrogen) atoms. The fourth-order valence-corrected chi connectivity index (χ4v) is 2.46. The van der Waals surface area contributed by atoms with Gasteiger partial charge in [-0.3, -0.25) is 0 Å². The summed E-state index contributed by atoms with van der Waals surface area (Å²) >= 11 is 1.71. The molecule has 2 aromatic rings. The summed E-state index contributed by atoms with van der Waals surface area (Å²) in [4.78, 5) is 1.22. The molecular formula is C13H15NOS. The van der Waals surface area contributed by atoms with Crippen molar-refractivity contribution in [3.8, 4) is 10.4 Å². The maximum Gasteiger partial charge on any atom is 0.0503 e. The van der Waals surface area contributed by atoms with Crippen LogP contribution in [0.4, 0.5) is 5.69 Å². The molecule has 0 saturated heterocycles. The lowest BCUT2D eigenvalue weighted by atomic mass is 10.0. The van der Waals surface area contributed by atoms with E-state index in [1.807, 2.05) is 6.07 Å². The van der Waals surface area contributed by atoms with E-state index in [4.69, 9.17) is 10.5 Å². The molecule has 84 valence electrons. The van der Waals surface area contributed by atoms with Crippen LogP contribution in [0, 0.1) is 0 Å². The van der Waals surface area contributed by atoms with E-state index in [1.54, 1.807) is 18.4 Å². The third-order valence-electron chi connectivity index (χ3n) is 2.56. The van der Waals surface area contributed by atoms with Crippen LogP contribution in [0.15, 0.2) is 35.7 Å². The SMILES string of the molecule is COCCc1cccc(-c2cccs2)c1N. The zero-order valence-corrected chi connectivity index (χ0v) is 10.1. The highest BCUT2D eigenvalue weighted by Gasteiger charge is 2.07. The van der Waals surface area contributed by atoms with Crippen LogP contribution in [-0.2, 0) is 11.2 Å². The van der Waals surface area contributed by atoms with Crippen molar-refractivity contribution in [3.63, 3.8) is 0 Å². The number of nitrogens with two attached hydrogens (primary N) is 1. The van der Waals surface area contributed by atoms with Gasteiger partial charge in [0.15, 0.2) is 0 Å². The molecule has 1 aromatic carbocycles. The molecule has 0 aliphatic carbocycles. The molecule has 0 spiro atoms. The van der Waals surface area contributed by atoms with Gasteiger partial charge in [-0.15, -0.1) is 11.3 Å². The molecule has 0 bridgehead atoms. The summed E-state index contributed by atoms with van der Waals surface area (Å²) in [5.41, 5.74) is 9.33. The molecule has 0 aliphatic rings. The Balaban J connectivity index is 2.33. The standard InChI is InChI=1S/C13H15NOS/c1-15-8-7-10-4-2-5-11(13(10)14)12-6-3-9-16-12/h2-6,9H,7-8,14H2,1H3. The molecule has 1 aromatic heterocycles. The largest absolute Gasteiger partial charge is 0.398 e. The van der Waals surface area contributed by atoms with Crippen LogP contribution >= 0.6 is 11.3 Å². The molecule has 0 radical (unpaired) electrons. The van der Waals surface area contributed by atoms with Crippen LogP contribution in [0.1, 0.15) is 5.56 Å². The van der Waals surface area contributed by atoms with E-state index >= 15 is 0 Å². The van der Waals surface area contributed by atoms with Crippen LogP contribution in [-0.4, -0.2) is 13.7 Å². The molecule has 0 saturated carbocycles. The number of hydrogen-bond donors (Lipinski definition) is 1. The molecule has 2 N–H and O–H groups in total. The first-order chi connectivity index (χ1) is 7.83. The lowest BCUT2D eigenvalue weighted by Crippen LogP contribution is -2.00. The van der Waals surface area contributed by atoms with E-state index in [9.17, 15) is 0 Å². The molecule has 0 fully saturated rings. The van der Waals surface area contributed by atoms with Crippen molar-refractivity contribution in [1.29, 1.82) is 0 Å². The minimum Gasteiger partial charge on any atom is -0.398 e. The predicted octanol–water partition coefficient (Wildman–Crippen LogP) is 3.19. The minimum absolute atomic E-state index is 0.706. The summed E-state index contributed by atoms with van der Waals surface area (Å²) in [5, 5.41) is 2.07. The van der Waals surface area contributed by atoms with E-state index in [2.05, 4.69) is 29.6 Å². The third kappa shape index (κ3) is 2.26. The Kier molecular flexibility index (Phi) is 3.59. The first-order valence-electron chi connectivity index (χ1n) is 5.23. The number of benzene rings is 1. The Morgan fingerprint density at radius 2 is 2.12 bits per heavy atom. The highest BCUT2D eigenvalue weighted by molar-refractivity contribution is 7.13. The summed E-state index contributed by atoms with van der Waals surface area (Å²) in [6.07, 6.45) is 0.863. The second-order valence-corrected chi connectivity index (χ2v) is 4.55. The second kappa shape index (κ2) is 5.14. The van der Waals surface area contributed by atoms with Crippen LogP contribution in [0.2, 0.25) is 0 Å². The van der Waals surface area contributed by atoms with Gasteiger partial charge in [-0.25, -0.2) is 0 Å². The van der Waals surface area contributed by atoms with Gasteiger partial charge in [0.1, 0.15) is 0 Å². The van der Waals surface area contributed by atoms with E-state index < -0.39 is 0 Å². The monoisotopic (exact) mass is 233 g/mol. The van der Waals surface area contributed by atoms with Gasteiger partial charge < -0.3 is 10.5 Å². The maximum atomic E-state index is 6.17. The smallest absolute Gasteiger partial charge is 0.0503 e. The summed E-state index contributed by atoms with van der Waals surface area (Å²) in [7, 11) is 1.71. The molecule has 0 atom stereocenters. The summed E-state index contributed by atoms with van der Waals surface area (Å²) in [6.45, 7) is 0.706. The summed E-state index contributed by atoms with van der Waals surface area (Å²) in [6, 6.07) is 10.3. The first kappa shape index (κ1) is 11.2. The van der Waals surface area contributed by atoms with Crippen molar-refractivity contribution in [2.75, 3.05) is 19.5 Å². The van der Waals surface area contributed by atoms with E-state index in [-0.39, 0.29) is 0 Å². The second-order valence-electron chi connectivity index (χ2n) is 3.60. The first-order valence-corrected chi connectivity index (χ1v) is 6.11. The number of nitrogen functional groups attached to an aromatic ring is 1. The number of hydrogen-bond acceptors (Lipinski definition) is 3. The van der Waals surface area contributed by atoms with Crippen LogP contribution in [0.25, 0.3) is 10.4 Å². The minimum atomic E-state index is 0.706. The predicted molar refractivity (Wildman–Crippen MR) is 69.7 cm³/mol. The summed E-state index contributed by atoms with van der Waals surface area (Å²) < 4.78 is 5.08. The van der Waals surface area contributed by atoms with E-state index in [0.717, 1.165) is 23.2 Å². The van der Waals surface area contributed by atoms with Gasteiger partial charge in [0.05, 0.1) is 6.61 Å². The van der Waals surface area contributed by atoms with Crippen LogP contribution in [0.5, 0.6) is 0 Å². The zero-order chi connectivity index (χ0) is 11.4. The summed E-state index contributed by atoms with van der Waals surface area (Å²) in [5.74, 6) is 0. The Morgan fingerprint density at radius 1 is 1.25 bits per heavy atom. The van der Waals surface area contributed by atoms with Crippen molar-refractivity contribution < 1.29 is 4.74 Å². The van der Waals surface area contributed by atoms with Gasteiger partial charge in [0.2, 0.25) is 0 Å². The lowest BCUT2D eigenvalue weighted by Gasteiger charge is -2.09. The highest BCUT2D eigenvalue weighted by Crippen LogP contribution is 2.31. The lowest BCUT2D eigenvalue weighted by molar-refractivity contribution is 0.202. The van der Waals surface area contributed by atoms with E-state index in [1.165, 1.54) is 4.88 Å². The van der Waals surface area contributed by atoms with Crippen LogP contribution < -0.4 is 5.73 Å². The number of thiophene rings is 1. The van der Waals surface area contributed by atoms with Crippen molar-refractivity contribution in [1.82, 2.24) is 0 Å². The fraction of sp³-hybridized carbons (Fsp3) is 0.231. The van der Waals surface area contributed by atoms with Crippen LogP contribution in [0.3, 0.4) is 0 Å². The van der Waals surface area contributed by atoms with Crippen molar-refractivity contribution in [2.45, 2.75) is 6.42 Å².